The lowest BCUT2D eigenvalue weighted by Gasteiger charge is -2.30. The molecule has 3 heteroatoms. The minimum atomic E-state index is -0.231. The van der Waals surface area contributed by atoms with Crippen molar-refractivity contribution in [3.63, 3.8) is 0 Å². The van der Waals surface area contributed by atoms with Gasteiger partial charge in [0.25, 0.3) is 0 Å². The summed E-state index contributed by atoms with van der Waals surface area (Å²) in [5.74, 6) is -0.138. The van der Waals surface area contributed by atoms with Gasteiger partial charge < -0.3 is 10.0 Å². The number of aliphatic hydroxyl groups is 1. The molecule has 1 aromatic rings. The van der Waals surface area contributed by atoms with Crippen molar-refractivity contribution < 1.29 is 9.90 Å². The SMILES string of the molecule is O=C1C(CO)Cc2cccc3c2N1CC3. The largest absolute Gasteiger partial charge is 0.396 e. The molecular weight excluding hydrogens is 190 g/mol. The average Bonchev–Trinajstić information content (AvgIpc) is 2.69. The van der Waals surface area contributed by atoms with Crippen LogP contribution in [0, 0.1) is 5.92 Å². The van der Waals surface area contributed by atoms with Crippen LogP contribution in [0.25, 0.3) is 0 Å². The fraction of sp³-hybridized carbons (Fsp3) is 0.417. The van der Waals surface area contributed by atoms with Crippen LogP contribution in [0.3, 0.4) is 0 Å². The highest BCUT2D eigenvalue weighted by Crippen LogP contribution is 2.37. The van der Waals surface area contributed by atoms with E-state index in [-0.39, 0.29) is 18.4 Å². The zero-order chi connectivity index (χ0) is 10.4. The summed E-state index contributed by atoms with van der Waals surface area (Å²) < 4.78 is 0. The Balaban J connectivity index is 2.13. The second kappa shape index (κ2) is 3.07. The van der Waals surface area contributed by atoms with Crippen LogP contribution in [-0.2, 0) is 17.6 Å². The molecule has 1 N–H and O–H groups in total. The second-order valence-electron chi connectivity index (χ2n) is 4.25. The van der Waals surface area contributed by atoms with E-state index in [1.807, 2.05) is 11.0 Å². The maximum atomic E-state index is 11.9. The molecular formula is C12H13NO2. The number of anilines is 1. The third kappa shape index (κ3) is 1.13. The van der Waals surface area contributed by atoms with Crippen LogP contribution in [0.2, 0.25) is 0 Å². The maximum absolute atomic E-state index is 11.9. The number of benzene rings is 1. The standard InChI is InChI=1S/C12H13NO2/c14-7-10-6-9-3-1-2-8-4-5-13(11(8)9)12(10)15/h1-3,10,14H,4-7H2. The van der Waals surface area contributed by atoms with E-state index in [0.717, 1.165) is 18.7 Å². The van der Waals surface area contributed by atoms with Gasteiger partial charge in [-0.1, -0.05) is 18.2 Å². The van der Waals surface area contributed by atoms with Crippen LogP contribution in [-0.4, -0.2) is 24.2 Å². The Bertz CT molecular complexity index is 428. The van der Waals surface area contributed by atoms with Crippen molar-refractivity contribution >= 4 is 11.6 Å². The summed E-state index contributed by atoms with van der Waals surface area (Å²) in [5, 5.41) is 9.17. The van der Waals surface area contributed by atoms with Crippen LogP contribution in [0.15, 0.2) is 18.2 Å². The highest BCUT2D eigenvalue weighted by atomic mass is 16.3. The van der Waals surface area contributed by atoms with E-state index in [4.69, 9.17) is 5.11 Å². The lowest BCUT2D eigenvalue weighted by Crippen LogP contribution is -2.41. The number of para-hydroxylation sites is 1. The molecule has 2 heterocycles. The molecule has 0 fully saturated rings. The van der Waals surface area contributed by atoms with Crippen molar-refractivity contribution in [1.29, 1.82) is 0 Å². The summed E-state index contributed by atoms with van der Waals surface area (Å²) in [6.45, 7) is 0.737. The molecule has 1 atom stereocenters. The molecule has 1 unspecified atom stereocenters. The van der Waals surface area contributed by atoms with Gasteiger partial charge in [-0.25, -0.2) is 0 Å². The van der Waals surface area contributed by atoms with Gasteiger partial charge >= 0.3 is 0 Å². The Hall–Kier alpha value is -1.35. The normalized spacial score (nSPS) is 23.1. The molecule has 0 spiro atoms. The van der Waals surface area contributed by atoms with Gasteiger partial charge in [0.05, 0.1) is 18.2 Å². The summed E-state index contributed by atoms with van der Waals surface area (Å²) in [7, 11) is 0. The van der Waals surface area contributed by atoms with Crippen LogP contribution in [0.1, 0.15) is 11.1 Å². The topological polar surface area (TPSA) is 40.5 Å². The first-order valence-corrected chi connectivity index (χ1v) is 5.34. The van der Waals surface area contributed by atoms with E-state index in [2.05, 4.69) is 12.1 Å². The number of hydrogen-bond donors (Lipinski definition) is 1. The van der Waals surface area contributed by atoms with Gasteiger partial charge in [-0.15, -0.1) is 0 Å². The highest BCUT2D eigenvalue weighted by molar-refractivity contribution is 6.00. The van der Waals surface area contributed by atoms with E-state index in [1.165, 1.54) is 11.1 Å². The van der Waals surface area contributed by atoms with E-state index < -0.39 is 0 Å². The molecule has 1 amide bonds. The smallest absolute Gasteiger partial charge is 0.232 e. The van der Waals surface area contributed by atoms with Gasteiger partial charge in [-0.2, -0.15) is 0 Å². The molecule has 1 aromatic carbocycles. The number of aliphatic hydroxyl groups excluding tert-OH is 1. The molecule has 2 aliphatic heterocycles. The molecule has 0 aliphatic carbocycles. The zero-order valence-corrected chi connectivity index (χ0v) is 8.44. The highest BCUT2D eigenvalue weighted by Gasteiger charge is 2.36. The van der Waals surface area contributed by atoms with E-state index in [1.54, 1.807) is 0 Å². The Morgan fingerprint density at radius 3 is 3.00 bits per heavy atom. The zero-order valence-electron chi connectivity index (χ0n) is 8.44. The first kappa shape index (κ1) is 8.92. The number of hydrogen-bond acceptors (Lipinski definition) is 2. The van der Waals surface area contributed by atoms with Gasteiger partial charge in [0.2, 0.25) is 5.91 Å². The van der Waals surface area contributed by atoms with Gasteiger partial charge in [0.1, 0.15) is 0 Å². The Morgan fingerprint density at radius 2 is 2.20 bits per heavy atom. The molecule has 0 aromatic heterocycles. The third-order valence-corrected chi connectivity index (χ3v) is 3.38. The van der Waals surface area contributed by atoms with Crippen LogP contribution in [0.5, 0.6) is 0 Å². The molecule has 3 rings (SSSR count). The van der Waals surface area contributed by atoms with Crippen molar-refractivity contribution in [3.8, 4) is 0 Å². The van der Waals surface area contributed by atoms with Crippen LogP contribution < -0.4 is 4.90 Å². The van der Waals surface area contributed by atoms with Crippen molar-refractivity contribution in [2.24, 2.45) is 5.92 Å². The molecule has 2 aliphatic rings. The van der Waals surface area contributed by atoms with E-state index in [0.29, 0.717) is 6.42 Å². The number of nitrogens with zero attached hydrogens (tertiary/aromatic N) is 1. The molecule has 15 heavy (non-hydrogen) atoms. The number of amides is 1. The fourth-order valence-electron chi connectivity index (χ4n) is 2.64. The van der Waals surface area contributed by atoms with Crippen molar-refractivity contribution in [3.05, 3.63) is 29.3 Å². The van der Waals surface area contributed by atoms with Crippen molar-refractivity contribution in [2.75, 3.05) is 18.1 Å². The molecule has 0 radical (unpaired) electrons. The first-order chi connectivity index (χ1) is 7.31. The van der Waals surface area contributed by atoms with Gasteiger partial charge in [-0.05, 0) is 24.0 Å². The summed E-state index contributed by atoms with van der Waals surface area (Å²) in [5.41, 5.74) is 3.60. The maximum Gasteiger partial charge on any atom is 0.232 e. The van der Waals surface area contributed by atoms with Gasteiger partial charge in [0, 0.05) is 6.54 Å². The number of rotatable bonds is 1. The summed E-state index contributed by atoms with van der Waals surface area (Å²) in [4.78, 5) is 13.8. The van der Waals surface area contributed by atoms with Crippen molar-refractivity contribution in [1.82, 2.24) is 0 Å². The number of carbonyl (C=O) groups excluding carboxylic acids is 1. The minimum absolute atomic E-state index is 0.0427. The van der Waals surface area contributed by atoms with Crippen molar-refractivity contribution in [2.45, 2.75) is 12.8 Å². The molecule has 0 saturated heterocycles. The second-order valence-corrected chi connectivity index (χ2v) is 4.25. The average molecular weight is 203 g/mol. The van der Waals surface area contributed by atoms with Gasteiger partial charge in [0.15, 0.2) is 0 Å². The Labute approximate surface area is 88.3 Å². The molecule has 78 valence electrons. The Kier molecular flexibility index (Phi) is 1.83. The third-order valence-electron chi connectivity index (χ3n) is 3.38. The molecule has 0 bridgehead atoms. The predicted molar refractivity (Wildman–Crippen MR) is 56.8 cm³/mol. The minimum Gasteiger partial charge on any atom is -0.396 e. The van der Waals surface area contributed by atoms with E-state index in [9.17, 15) is 4.79 Å². The van der Waals surface area contributed by atoms with Crippen LogP contribution >= 0.6 is 0 Å². The lowest BCUT2D eigenvalue weighted by atomic mass is 9.92. The number of carbonyl (C=O) groups is 1. The Morgan fingerprint density at radius 1 is 1.40 bits per heavy atom. The summed E-state index contributed by atoms with van der Waals surface area (Å²) in [6.07, 6.45) is 1.64. The fourth-order valence-corrected chi connectivity index (χ4v) is 2.64. The monoisotopic (exact) mass is 203 g/mol. The molecule has 3 nitrogen and oxygen atoms in total. The first-order valence-electron chi connectivity index (χ1n) is 5.34. The van der Waals surface area contributed by atoms with Crippen LogP contribution in [0.4, 0.5) is 5.69 Å². The quantitative estimate of drug-likeness (QED) is 0.731. The predicted octanol–water partition coefficient (Wildman–Crippen LogP) is 0.740. The van der Waals surface area contributed by atoms with Gasteiger partial charge in [-0.3, -0.25) is 4.79 Å². The lowest BCUT2D eigenvalue weighted by molar-refractivity contribution is -0.123. The molecule has 0 saturated carbocycles. The summed E-state index contributed by atoms with van der Waals surface area (Å²) >= 11 is 0. The summed E-state index contributed by atoms with van der Waals surface area (Å²) in [6, 6.07) is 6.19. The van der Waals surface area contributed by atoms with E-state index >= 15 is 0 Å².